The maximum atomic E-state index is 13.8. The molecule has 34 heavy (non-hydrogen) atoms. The maximum absolute atomic E-state index is 13.8. The van der Waals surface area contributed by atoms with E-state index >= 15 is 0 Å². The lowest BCUT2D eigenvalue weighted by molar-refractivity contribution is -0.133. The molecule has 0 aromatic heterocycles. The van der Waals surface area contributed by atoms with E-state index in [4.69, 9.17) is 10.5 Å². The first kappa shape index (κ1) is 21.3. The smallest absolute Gasteiger partial charge is 0.261 e. The molecule has 2 aromatic carbocycles. The minimum atomic E-state index is -2.95. The average molecular weight is 483 g/mol. The van der Waals surface area contributed by atoms with Crippen molar-refractivity contribution in [3.8, 4) is 0 Å². The number of nitrogens with zero attached hydrogens (tertiary/aromatic N) is 3. The predicted molar refractivity (Wildman–Crippen MR) is 124 cm³/mol. The van der Waals surface area contributed by atoms with Crippen LogP contribution in [0.4, 0.5) is 15.8 Å². The third kappa shape index (κ3) is 3.16. The fraction of sp³-hybridized carbons (Fsp3) is 0.333. The predicted octanol–water partition coefficient (Wildman–Crippen LogP) is 3.31. The molecule has 8 nitrogen and oxygen atoms in total. The van der Waals surface area contributed by atoms with Crippen LogP contribution in [0.15, 0.2) is 68.0 Å². The topological polar surface area (TPSA) is 118 Å². The zero-order valence-corrected chi connectivity index (χ0v) is 19.2. The second-order valence-corrected chi connectivity index (χ2v) is 11.4. The van der Waals surface area contributed by atoms with Crippen LogP contribution in [-0.4, -0.2) is 50.5 Å². The number of rotatable bonds is 3. The van der Waals surface area contributed by atoms with Crippen LogP contribution in [0.3, 0.4) is 0 Å². The number of hydrogen-bond donors (Lipinski definition) is 2. The Labute approximate surface area is 196 Å². The molecule has 5 atom stereocenters. The minimum Gasteiger partial charge on any atom is -0.511 e. The number of aliphatic imine (C=N–C) groups is 1. The van der Waals surface area contributed by atoms with Gasteiger partial charge >= 0.3 is 0 Å². The Balaban J connectivity index is 1.48. The van der Waals surface area contributed by atoms with Crippen LogP contribution in [0.1, 0.15) is 18.4 Å². The molecule has 176 valence electrons. The summed E-state index contributed by atoms with van der Waals surface area (Å²) >= 11 is 0. The van der Waals surface area contributed by atoms with E-state index in [1.165, 1.54) is 18.4 Å². The summed E-state index contributed by atoms with van der Waals surface area (Å²) in [6.07, 6.45) is 2.62. The number of carbonyl (C=O) groups excluding carboxylic acids is 1. The highest BCUT2D eigenvalue weighted by Crippen LogP contribution is 2.49. The van der Waals surface area contributed by atoms with E-state index in [0.717, 1.165) is 18.4 Å². The zero-order valence-electron chi connectivity index (χ0n) is 18.3. The Morgan fingerprint density at radius 3 is 2.71 bits per heavy atom. The van der Waals surface area contributed by atoms with Crippen molar-refractivity contribution in [2.24, 2.45) is 15.3 Å². The summed E-state index contributed by atoms with van der Waals surface area (Å²) in [4.78, 5) is 20.4. The summed E-state index contributed by atoms with van der Waals surface area (Å²) in [5.41, 5.74) is 7.38. The number of carbonyl (C=O) groups is 1. The van der Waals surface area contributed by atoms with Crippen LogP contribution < -0.4 is 5.73 Å². The number of hydrogen-bond acceptors (Lipinski definition) is 7. The molecule has 0 aliphatic carbocycles. The Bertz CT molecular complexity index is 1410. The van der Waals surface area contributed by atoms with Crippen LogP contribution in [0.2, 0.25) is 0 Å². The molecule has 2 saturated heterocycles. The molecule has 0 saturated carbocycles. The molecule has 4 heterocycles. The molecule has 4 aliphatic rings. The van der Waals surface area contributed by atoms with E-state index in [1.54, 1.807) is 35.2 Å². The molecule has 0 spiro atoms. The fourth-order valence-corrected chi connectivity index (χ4v) is 6.91. The molecule has 2 fully saturated rings. The maximum Gasteiger partial charge on any atom is 0.261 e. The van der Waals surface area contributed by atoms with Gasteiger partial charge < -0.3 is 20.5 Å². The number of aliphatic hydroxyl groups is 1. The number of amidine groups is 1. The van der Waals surface area contributed by atoms with Gasteiger partial charge in [-0.15, -0.1) is 0 Å². The second kappa shape index (κ2) is 7.38. The summed E-state index contributed by atoms with van der Waals surface area (Å²) in [5.74, 6) is -1.42. The average Bonchev–Trinajstić information content (AvgIpc) is 3.40. The number of halogens is 1. The number of fused-ring (bicyclic) bond motifs is 6. The van der Waals surface area contributed by atoms with Gasteiger partial charge in [-0.05, 0) is 48.7 Å². The van der Waals surface area contributed by atoms with Gasteiger partial charge in [-0.3, -0.25) is 4.79 Å². The lowest BCUT2D eigenvalue weighted by atomic mass is 9.78. The van der Waals surface area contributed by atoms with Crippen molar-refractivity contribution < 1.29 is 23.2 Å². The van der Waals surface area contributed by atoms with Crippen molar-refractivity contribution in [3.05, 3.63) is 65.2 Å². The standard InChI is InChI=1S/C24H23FN4O4S/c1-34(32)18-10-14(26)6-7-15(18)27-23(28-34)20-22(30)19-16-8-9-17(33-16)21(19)29(24(20)31)11-12-2-4-13(25)5-3-12/h2-7,10,16-17,19,21,30H,8-9,11,26H2,1H3/t16-,17+,19+,21-,34?/m0/s1. The second-order valence-electron chi connectivity index (χ2n) is 9.18. The van der Waals surface area contributed by atoms with Crippen LogP contribution in [0, 0.1) is 11.7 Å². The van der Waals surface area contributed by atoms with Crippen molar-refractivity contribution in [1.29, 1.82) is 0 Å². The Hall–Kier alpha value is -3.24. The van der Waals surface area contributed by atoms with Crippen molar-refractivity contribution in [2.45, 2.75) is 42.5 Å². The van der Waals surface area contributed by atoms with Gasteiger partial charge in [0.05, 0.1) is 44.5 Å². The molecule has 4 aliphatic heterocycles. The van der Waals surface area contributed by atoms with E-state index < -0.39 is 21.6 Å². The van der Waals surface area contributed by atoms with Crippen LogP contribution in [-0.2, 0) is 25.8 Å². The van der Waals surface area contributed by atoms with E-state index in [2.05, 4.69) is 9.36 Å². The molecule has 6 rings (SSSR count). The quantitative estimate of drug-likeness (QED) is 0.651. The van der Waals surface area contributed by atoms with Crippen molar-refractivity contribution in [2.75, 3.05) is 12.0 Å². The Morgan fingerprint density at radius 2 is 1.94 bits per heavy atom. The van der Waals surface area contributed by atoms with E-state index in [-0.39, 0.29) is 47.8 Å². The third-order valence-corrected chi connectivity index (χ3v) is 8.67. The number of aliphatic hydroxyl groups excluding tert-OH is 1. The van der Waals surface area contributed by atoms with Crippen LogP contribution in [0.5, 0.6) is 0 Å². The fourth-order valence-electron chi connectivity index (χ4n) is 5.49. The third-order valence-electron chi connectivity index (χ3n) is 7.01. The monoisotopic (exact) mass is 482 g/mol. The summed E-state index contributed by atoms with van der Waals surface area (Å²) in [6, 6.07) is 10.5. The molecule has 1 amide bonds. The molecule has 2 bridgehead atoms. The van der Waals surface area contributed by atoms with Gasteiger partial charge in [-0.1, -0.05) is 12.1 Å². The van der Waals surface area contributed by atoms with Crippen molar-refractivity contribution in [3.63, 3.8) is 0 Å². The highest BCUT2D eigenvalue weighted by atomic mass is 32.2. The lowest BCUT2D eigenvalue weighted by Crippen LogP contribution is -2.55. The molecule has 3 N–H and O–H groups in total. The largest absolute Gasteiger partial charge is 0.511 e. The van der Waals surface area contributed by atoms with Crippen LogP contribution in [0.25, 0.3) is 0 Å². The summed E-state index contributed by atoms with van der Waals surface area (Å²) in [5, 5.41) is 11.3. The van der Waals surface area contributed by atoms with E-state index in [9.17, 15) is 18.5 Å². The number of anilines is 1. The zero-order chi connectivity index (χ0) is 23.8. The number of ether oxygens (including phenoxy) is 1. The Morgan fingerprint density at radius 1 is 1.21 bits per heavy atom. The molecule has 2 aromatic rings. The normalized spacial score (nSPS) is 31.8. The Kier molecular flexibility index (Phi) is 4.62. The minimum absolute atomic E-state index is 0.0578. The SMILES string of the molecule is CS1(=O)=NC(C2=C(O)[C@H]3[C@H]([C@H]4CC[C@@H]3O4)N(Cc3ccc(F)cc3)C2=O)=Nc2ccc(N)cc21. The first-order valence-corrected chi connectivity index (χ1v) is 13.0. The first-order valence-electron chi connectivity index (χ1n) is 11.1. The van der Waals surface area contributed by atoms with Gasteiger partial charge in [0.25, 0.3) is 5.91 Å². The van der Waals surface area contributed by atoms with Crippen molar-refractivity contribution in [1.82, 2.24) is 4.90 Å². The molecule has 0 radical (unpaired) electrons. The highest BCUT2D eigenvalue weighted by Gasteiger charge is 2.58. The summed E-state index contributed by atoms with van der Waals surface area (Å²) in [7, 11) is -2.95. The van der Waals surface area contributed by atoms with Gasteiger partial charge in [0.15, 0.2) is 5.84 Å². The number of amides is 1. The number of benzene rings is 2. The van der Waals surface area contributed by atoms with Gasteiger partial charge in [-0.2, -0.15) is 4.36 Å². The molecular formula is C24H23FN4O4S. The summed E-state index contributed by atoms with van der Waals surface area (Å²) < 4.78 is 37.3. The van der Waals surface area contributed by atoms with Gasteiger partial charge in [0, 0.05) is 18.5 Å². The van der Waals surface area contributed by atoms with Gasteiger partial charge in [-0.25, -0.2) is 13.6 Å². The van der Waals surface area contributed by atoms with Crippen molar-refractivity contribution >= 4 is 32.8 Å². The molecule has 1 unspecified atom stereocenters. The first-order chi connectivity index (χ1) is 16.2. The highest BCUT2D eigenvalue weighted by molar-refractivity contribution is 7.93. The molecular weight excluding hydrogens is 459 g/mol. The number of nitrogen functional groups attached to an aromatic ring is 1. The lowest BCUT2D eigenvalue weighted by Gasteiger charge is -2.41. The van der Waals surface area contributed by atoms with Gasteiger partial charge in [0.2, 0.25) is 0 Å². The van der Waals surface area contributed by atoms with Crippen LogP contribution >= 0.6 is 0 Å². The van der Waals surface area contributed by atoms with E-state index in [0.29, 0.717) is 16.3 Å². The summed E-state index contributed by atoms with van der Waals surface area (Å²) in [6.45, 7) is 0.214. The molecule has 10 heteroatoms. The van der Waals surface area contributed by atoms with Gasteiger partial charge in [0.1, 0.15) is 17.1 Å². The number of nitrogens with two attached hydrogens (primary N) is 1. The van der Waals surface area contributed by atoms with E-state index in [1.807, 2.05) is 0 Å².